The Balaban J connectivity index is 0.938. The standard InChI is InChI=1S/C62H57BrN12O11S6/c1-26-15-29(16-35(63)50(26)79)17-38-61(84)75-20-45(77)27(2)49(75)60-73-43(25-91-60)58-69-39(21-89-58)48-33(13-14-36(66-48)57-72-40(24-90-57)52(81)65-32-11-9-31(10-12-32)62(85)86)55-70-41(22-87-55)53(82)67-37(19-46(64)78)59-74-47(28(3)92-59)44(76)18-34(51(80)30-7-5-4-6-8-30)56-71-42(23-88-56)54(83)68-38/h4-8,13-16,21-25,27,31-32,34,37-38,45,49,51,77,79-80H,9-12,17-20H2,1-3H3,(H2,64,78)(H,65,81)(H,67,82)(H,68,83)(H,85,86)/t27-,31?,32?,34-,37-,38-,45-,49-,51+/m0/s1. The number of Topliss-reactive ketones (excluding diaryl/α,β-unsaturated/α-hetero) is 1. The first kappa shape index (κ1) is 64.2. The molecule has 7 aromatic heterocycles. The number of carboxylic acids is 1. The number of aliphatic hydroxyl groups excluding tert-OH is 2. The van der Waals surface area contributed by atoms with E-state index in [4.69, 9.17) is 35.6 Å². The van der Waals surface area contributed by atoms with Crippen molar-refractivity contribution >= 4 is 125 Å². The number of pyridine rings is 1. The third-order valence-electron chi connectivity index (χ3n) is 16.5. The minimum atomic E-state index is -1.31. The van der Waals surface area contributed by atoms with Crippen molar-refractivity contribution in [1.82, 2.24) is 55.7 Å². The molecule has 10 bridgehead atoms. The first-order valence-electron chi connectivity index (χ1n) is 29.1. The van der Waals surface area contributed by atoms with Crippen LogP contribution in [0.15, 0.2) is 86.0 Å². The Morgan fingerprint density at radius 3 is 2.13 bits per heavy atom. The average molecular weight is 1420 g/mol. The van der Waals surface area contributed by atoms with Gasteiger partial charge in [0.2, 0.25) is 11.8 Å². The van der Waals surface area contributed by atoms with E-state index in [0.29, 0.717) is 100 Å². The molecule has 1 saturated heterocycles. The number of halogens is 1. The second-order valence-electron chi connectivity index (χ2n) is 22.8. The molecule has 30 heteroatoms. The number of thiazole rings is 6. The number of nitrogens with two attached hydrogens (primary N) is 1. The van der Waals surface area contributed by atoms with Gasteiger partial charge in [0.15, 0.2) is 5.78 Å². The molecule has 2 fully saturated rings. The molecule has 3 aliphatic rings. The van der Waals surface area contributed by atoms with Gasteiger partial charge in [-0.3, -0.25) is 33.6 Å². The Kier molecular flexibility index (Phi) is 18.8. The Hall–Kier alpha value is -7.94. The second-order valence-corrected chi connectivity index (χ2v) is 29.2. The molecule has 9 N–H and O–H groups in total. The van der Waals surface area contributed by atoms with Crippen LogP contribution >= 0.6 is 84.0 Å². The Labute approximate surface area is 557 Å². The zero-order valence-electron chi connectivity index (χ0n) is 49.1. The van der Waals surface area contributed by atoms with E-state index >= 15 is 4.79 Å². The van der Waals surface area contributed by atoms with E-state index in [2.05, 4.69) is 36.9 Å². The van der Waals surface area contributed by atoms with Crippen LogP contribution < -0.4 is 21.7 Å². The minimum Gasteiger partial charge on any atom is -0.506 e. The number of aliphatic carboxylic acids is 1. The van der Waals surface area contributed by atoms with E-state index in [1.165, 1.54) is 44.3 Å². The normalized spacial score (nSPS) is 21.7. The van der Waals surface area contributed by atoms with Crippen LogP contribution in [0.2, 0.25) is 0 Å². The predicted octanol–water partition coefficient (Wildman–Crippen LogP) is 9.62. The fourth-order valence-corrected chi connectivity index (χ4v) is 17.6. The van der Waals surface area contributed by atoms with Gasteiger partial charge in [-0.2, -0.15) is 0 Å². The van der Waals surface area contributed by atoms with Gasteiger partial charge in [-0.25, -0.2) is 34.9 Å². The van der Waals surface area contributed by atoms with Crippen molar-refractivity contribution in [2.75, 3.05) is 6.54 Å². The average Bonchev–Trinajstić information content (AvgIpc) is 1.62. The number of aromatic hydroxyl groups is 1. The third kappa shape index (κ3) is 13.5. The summed E-state index contributed by atoms with van der Waals surface area (Å²) in [6, 6.07) is 12.1. The summed E-state index contributed by atoms with van der Waals surface area (Å²) in [5.41, 5.74) is 9.46. The van der Waals surface area contributed by atoms with E-state index in [9.17, 15) is 49.2 Å². The number of primary amides is 1. The summed E-state index contributed by atoms with van der Waals surface area (Å²) in [7, 11) is 0. The van der Waals surface area contributed by atoms with Crippen molar-refractivity contribution in [2.24, 2.45) is 17.6 Å². The van der Waals surface area contributed by atoms with Crippen molar-refractivity contribution in [1.29, 1.82) is 0 Å². The molecule has 1 aliphatic carbocycles. The van der Waals surface area contributed by atoms with Gasteiger partial charge < -0.3 is 47.0 Å². The number of carboxylic acid groups (broad SMARTS) is 1. The molecular weight excluding hydrogens is 1360 g/mol. The quantitative estimate of drug-likeness (QED) is 0.0631. The maximum absolute atomic E-state index is 15.4. The Morgan fingerprint density at radius 1 is 0.739 bits per heavy atom. The highest BCUT2D eigenvalue weighted by atomic mass is 79.9. The molecule has 9 aromatic rings. The van der Waals surface area contributed by atoms with E-state index in [-0.39, 0.29) is 64.0 Å². The summed E-state index contributed by atoms with van der Waals surface area (Å²) in [5, 5.41) is 63.1. The molecule has 1 saturated carbocycles. The first-order valence-corrected chi connectivity index (χ1v) is 35.1. The van der Waals surface area contributed by atoms with Crippen molar-refractivity contribution in [3.8, 4) is 49.1 Å². The van der Waals surface area contributed by atoms with Crippen LogP contribution in [0.5, 0.6) is 5.75 Å². The number of carbonyl (C=O) groups is 7. The number of nitrogens with zero attached hydrogens (tertiary/aromatic N) is 8. The lowest BCUT2D eigenvalue weighted by Crippen LogP contribution is -2.50. The van der Waals surface area contributed by atoms with Gasteiger partial charge in [0.1, 0.15) is 76.7 Å². The second kappa shape index (κ2) is 27.0. The lowest BCUT2D eigenvalue weighted by Gasteiger charge is -2.29. The summed E-state index contributed by atoms with van der Waals surface area (Å²) in [6.45, 7) is 5.10. The maximum atomic E-state index is 15.4. The van der Waals surface area contributed by atoms with Gasteiger partial charge in [-0.15, -0.1) is 68.0 Å². The Bertz CT molecular complexity index is 4320. The lowest BCUT2D eigenvalue weighted by molar-refractivity contribution is -0.143. The SMILES string of the molecule is Cc1cc(C[C@@H]2NC(=O)c3csc(n3)[C@H]([C@H](O)c3ccccc3)CC(=O)c3nc(sc3C)[C@H](CC(N)=O)NC(=O)c3csc(n3)-c3ccc(-c4nc(C(=O)NC5CCC(C(=O)O)CC5)cs4)nc3-c3csc(n3)-c3csc(n3)[C@@H]3[C@@H](C)[C@@H](O)CN3C2=O)cc(Br)c1O. The van der Waals surface area contributed by atoms with Gasteiger partial charge in [0.05, 0.1) is 51.8 Å². The van der Waals surface area contributed by atoms with Crippen LogP contribution in [-0.4, -0.2) is 126 Å². The largest absolute Gasteiger partial charge is 0.506 e. The molecule has 5 amide bonds. The fourth-order valence-electron chi connectivity index (χ4n) is 11.6. The van der Waals surface area contributed by atoms with Gasteiger partial charge in [0, 0.05) is 74.6 Å². The highest BCUT2D eigenvalue weighted by molar-refractivity contribution is 9.10. The molecule has 23 nitrogen and oxygen atoms in total. The summed E-state index contributed by atoms with van der Waals surface area (Å²) >= 11 is 10.4. The zero-order valence-corrected chi connectivity index (χ0v) is 55.5. The topological polar surface area (TPSA) is 356 Å². The number of phenols is 1. The Morgan fingerprint density at radius 2 is 1.39 bits per heavy atom. The summed E-state index contributed by atoms with van der Waals surface area (Å²) in [6.07, 6.45) is -1.15. The number of nitrogens with one attached hydrogen (secondary N) is 3. The molecule has 12 rings (SSSR count). The number of hydrogen-bond donors (Lipinski definition) is 8. The number of ketones is 1. The molecule has 92 heavy (non-hydrogen) atoms. The van der Waals surface area contributed by atoms with Crippen LogP contribution in [0.25, 0.3) is 43.4 Å². The van der Waals surface area contributed by atoms with Crippen molar-refractivity contribution in [3.05, 3.63) is 145 Å². The van der Waals surface area contributed by atoms with Crippen LogP contribution in [-0.2, 0) is 20.8 Å². The third-order valence-corrected chi connectivity index (χ3v) is 22.7. The van der Waals surface area contributed by atoms with Crippen molar-refractivity contribution < 1.29 is 54.0 Å². The van der Waals surface area contributed by atoms with Gasteiger partial charge in [-0.05, 0) is 90.4 Å². The number of carbonyl (C=O) groups excluding carboxylic acids is 6. The van der Waals surface area contributed by atoms with Crippen molar-refractivity contribution in [3.63, 3.8) is 0 Å². The van der Waals surface area contributed by atoms with Crippen LogP contribution in [0, 0.1) is 25.7 Å². The van der Waals surface area contributed by atoms with Crippen molar-refractivity contribution in [2.45, 2.75) is 108 Å². The number of amides is 5. The summed E-state index contributed by atoms with van der Waals surface area (Å²) in [4.78, 5) is 133. The molecule has 7 atom stereocenters. The molecule has 0 radical (unpaired) electrons. The molecule has 9 heterocycles. The van der Waals surface area contributed by atoms with E-state index in [1.54, 1.807) is 90.0 Å². The number of rotatable bonds is 10. The summed E-state index contributed by atoms with van der Waals surface area (Å²) in [5.74, 6) is -6.47. The number of fused-ring (bicyclic) bond motifs is 16. The first-order chi connectivity index (χ1) is 44.1. The fraction of sp³-hybridized carbons (Fsp3) is 0.323. The number of aromatic nitrogens is 7. The van der Waals surface area contributed by atoms with Gasteiger partial charge in [0.25, 0.3) is 17.7 Å². The van der Waals surface area contributed by atoms with Gasteiger partial charge >= 0.3 is 5.97 Å². The van der Waals surface area contributed by atoms with E-state index in [0.717, 1.165) is 34.0 Å². The molecule has 0 unspecified atom stereocenters. The molecule has 0 spiro atoms. The molecule has 474 valence electrons. The van der Waals surface area contributed by atoms with Crippen LogP contribution in [0.1, 0.15) is 148 Å². The molecular formula is C62H57BrN12O11S6. The smallest absolute Gasteiger partial charge is 0.306 e. The monoisotopic (exact) mass is 1420 g/mol. The highest BCUT2D eigenvalue weighted by Gasteiger charge is 2.46. The number of aliphatic hydroxyl groups is 2. The zero-order chi connectivity index (χ0) is 64.8. The maximum Gasteiger partial charge on any atom is 0.306 e. The van der Waals surface area contributed by atoms with E-state index < -0.39 is 95.8 Å². The predicted molar refractivity (Wildman–Crippen MR) is 351 cm³/mol. The van der Waals surface area contributed by atoms with Crippen LogP contribution in [0.4, 0.5) is 0 Å². The highest BCUT2D eigenvalue weighted by Crippen LogP contribution is 2.44. The number of benzene rings is 2. The molecule has 2 aliphatic heterocycles. The number of hydrogen-bond acceptors (Lipinski definition) is 23. The number of aryl methyl sites for hydroxylation is 2. The summed E-state index contributed by atoms with van der Waals surface area (Å²) < 4.78 is 0.373. The van der Waals surface area contributed by atoms with Gasteiger partial charge in [-0.1, -0.05) is 43.3 Å². The van der Waals surface area contributed by atoms with E-state index in [1.807, 2.05) is 6.92 Å². The number of phenolic OH excluding ortho intramolecular Hbond substituents is 1. The van der Waals surface area contributed by atoms with Crippen LogP contribution in [0.3, 0.4) is 0 Å². The molecule has 2 aromatic carbocycles. The lowest BCUT2D eigenvalue weighted by atomic mass is 9.86. The minimum absolute atomic E-state index is 0.00712.